The number of likely N-dealkylation sites (N-methyl/N-ethyl adjacent to an activating group) is 1. The van der Waals surface area contributed by atoms with E-state index in [2.05, 4.69) is 5.32 Å². The summed E-state index contributed by atoms with van der Waals surface area (Å²) in [5, 5.41) is 3.40. The lowest BCUT2D eigenvalue weighted by Gasteiger charge is -2.35. The summed E-state index contributed by atoms with van der Waals surface area (Å²) in [5.74, 6) is 0.796. The van der Waals surface area contributed by atoms with Crippen molar-refractivity contribution in [2.24, 2.45) is 0 Å². The second-order valence-electron chi connectivity index (χ2n) is 7.54. The van der Waals surface area contributed by atoms with Gasteiger partial charge in [-0.25, -0.2) is 0 Å². The van der Waals surface area contributed by atoms with Gasteiger partial charge in [0.1, 0.15) is 5.75 Å². The van der Waals surface area contributed by atoms with E-state index >= 15 is 0 Å². The number of hydrogen-bond acceptors (Lipinski definition) is 2. The highest BCUT2D eigenvalue weighted by molar-refractivity contribution is 6.30. The summed E-state index contributed by atoms with van der Waals surface area (Å²) in [6.07, 6.45) is -5.18. The van der Waals surface area contributed by atoms with Crippen molar-refractivity contribution in [2.75, 3.05) is 13.6 Å². The first-order valence-corrected chi connectivity index (χ1v) is 9.89. The van der Waals surface area contributed by atoms with E-state index in [1.54, 1.807) is 55.6 Å². The van der Waals surface area contributed by atoms with Crippen molar-refractivity contribution < 1.29 is 22.7 Å². The summed E-state index contributed by atoms with van der Waals surface area (Å²) in [6.45, 7) is 0.0574. The standard InChI is InChI=1S/C23H18ClF3N2O2/c1-29(19-7-2-3-8-20(19)31-18-11-9-17(24)10-12-18)14-21(30)28-22(29)15-5-4-6-16(13-15)23(25,26)27/h2-13,22H,14H2,1H3/p+1. The molecule has 1 N–H and O–H groups in total. The second-order valence-corrected chi connectivity index (χ2v) is 7.98. The van der Waals surface area contributed by atoms with Crippen LogP contribution in [0.15, 0.2) is 72.8 Å². The monoisotopic (exact) mass is 447 g/mol. The minimum atomic E-state index is -4.47. The van der Waals surface area contributed by atoms with E-state index in [4.69, 9.17) is 16.3 Å². The Morgan fingerprint density at radius 3 is 2.45 bits per heavy atom. The summed E-state index contributed by atoms with van der Waals surface area (Å²) in [6, 6.07) is 19.0. The number of carbonyl (C=O) groups is 1. The number of ether oxygens (including phenoxy) is 1. The molecule has 4 rings (SSSR count). The maximum atomic E-state index is 13.3. The molecule has 0 saturated carbocycles. The molecule has 2 unspecified atom stereocenters. The van der Waals surface area contributed by atoms with Crippen LogP contribution in [0, 0.1) is 0 Å². The van der Waals surface area contributed by atoms with Gasteiger partial charge in [0.05, 0.1) is 12.6 Å². The van der Waals surface area contributed by atoms with Gasteiger partial charge in [0.2, 0.25) is 0 Å². The summed E-state index contributed by atoms with van der Waals surface area (Å²) in [7, 11) is 1.80. The van der Waals surface area contributed by atoms with Gasteiger partial charge in [-0.05, 0) is 42.5 Å². The Morgan fingerprint density at radius 1 is 1.03 bits per heavy atom. The molecule has 0 spiro atoms. The SMILES string of the molecule is C[N+]1(c2ccccc2Oc2ccc(Cl)cc2)CC(=O)NC1c1cccc(C(F)(F)F)c1. The molecule has 1 fully saturated rings. The number of rotatable bonds is 4. The molecule has 2 atom stereocenters. The van der Waals surface area contributed by atoms with Gasteiger partial charge in [-0.1, -0.05) is 35.9 Å². The first-order chi connectivity index (χ1) is 14.7. The second kappa shape index (κ2) is 7.90. The molecule has 31 heavy (non-hydrogen) atoms. The van der Waals surface area contributed by atoms with Gasteiger partial charge in [0, 0.05) is 16.7 Å². The van der Waals surface area contributed by atoms with Gasteiger partial charge in [0.15, 0.2) is 24.1 Å². The number of hydrogen-bond donors (Lipinski definition) is 1. The zero-order valence-corrected chi connectivity index (χ0v) is 17.2. The molecule has 1 saturated heterocycles. The molecule has 4 nitrogen and oxygen atoms in total. The third-order valence-electron chi connectivity index (χ3n) is 5.33. The lowest BCUT2D eigenvalue weighted by molar-refractivity contribution is -0.137. The third kappa shape index (κ3) is 4.24. The molecule has 1 aliphatic heterocycles. The van der Waals surface area contributed by atoms with Gasteiger partial charge in [-0.2, -0.15) is 13.2 Å². The number of carbonyl (C=O) groups excluding carboxylic acids is 1. The van der Waals surface area contributed by atoms with Crippen molar-refractivity contribution in [3.05, 3.63) is 88.9 Å². The van der Waals surface area contributed by atoms with Crippen molar-refractivity contribution in [3.63, 3.8) is 0 Å². The normalized spacial score (nSPS) is 21.1. The minimum absolute atomic E-state index is 0.0178. The van der Waals surface area contributed by atoms with Crippen LogP contribution >= 0.6 is 11.6 Å². The van der Waals surface area contributed by atoms with Gasteiger partial charge < -0.3 is 4.74 Å². The number of halogens is 4. The lowest BCUT2D eigenvalue weighted by atomic mass is 10.1. The number of alkyl halides is 3. The van der Waals surface area contributed by atoms with Crippen molar-refractivity contribution in [3.8, 4) is 11.5 Å². The number of benzene rings is 3. The predicted molar refractivity (Wildman–Crippen MR) is 113 cm³/mol. The molecule has 3 aromatic carbocycles. The van der Waals surface area contributed by atoms with Crippen LogP contribution in [0.3, 0.4) is 0 Å². The Bertz CT molecular complexity index is 1120. The van der Waals surface area contributed by atoms with E-state index in [-0.39, 0.29) is 16.9 Å². The molecule has 1 aliphatic rings. The van der Waals surface area contributed by atoms with Crippen molar-refractivity contribution in [2.45, 2.75) is 12.3 Å². The quantitative estimate of drug-likeness (QED) is 0.504. The topological polar surface area (TPSA) is 38.3 Å². The highest BCUT2D eigenvalue weighted by Gasteiger charge is 2.47. The Labute approximate surface area is 182 Å². The number of quaternary nitrogens is 1. The van der Waals surface area contributed by atoms with Crippen LogP contribution in [0.1, 0.15) is 17.3 Å². The van der Waals surface area contributed by atoms with Crippen LogP contribution in [0.2, 0.25) is 5.02 Å². The molecule has 8 heteroatoms. The van der Waals surface area contributed by atoms with E-state index < -0.39 is 17.9 Å². The first kappa shape index (κ1) is 21.2. The summed E-state index contributed by atoms with van der Waals surface area (Å²) in [4.78, 5) is 12.4. The molecular weight excluding hydrogens is 429 g/mol. The van der Waals surface area contributed by atoms with Gasteiger partial charge in [-0.15, -0.1) is 0 Å². The largest absolute Gasteiger partial charge is 0.451 e. The average Bonchev–Trinajstić information content (AvgIpc) is 3.05. The highest BCUT2D eigenvalue weighted by Crippen LogP contribution is 2.43. The highest BCUT2D eigenvalue weighted by atomic mass is 35.5. The van der Waals surface area contributed by atoms with Crippen LogP contribution in [0.25, 0.3) is 0 Å². The lowest BCUT2D eigenvalue weighted by Crippen LogP contribution is -2.46. The van der Waals surface area contributed by atoms with Gasteiger partial charge in [-0.3, -0.25) is 14.6 Å². The Kier molecular flexibility index (Phi) is 5.41. The zero-order chi connectivity index (χ0) is 22.2. The molecule has 1 amide bonds. The number of nitrogens with zero attached hydrogens (tertiary/aromatic N) is 1. The molecule has 3 aromatic rings. The summed E-state index contributed by atoms with van der Waals surface area (Å²) in [5.41, 5.74) is 0.270. The molecule has 0 bridgehead atoms. The fourth-order valence-electron chi connectivity index (χ4n) is 3.85. The number of nitrogens with one attached hydrogen (secondary N) is 1. The summed E-state index contributed by atoms with van der Waals surface area (Å²) < 4.78 is 45.8. The van der Waals surface area contributed by atoms with E-state index in [0.29, 0.717) is 27.8 Å². The van der Waals surface area contributed by atoms with Crippen LogP contribution in [0.4, 0.5) is 18.9 Å². The van der Waals surface area contributed by atoms with Crippen LogP contribution in [-0.4, -0.2) is 19.5 Å². The number of para-hydroxylation sites is 2. The van der Waals surface area contributed by atoms with Gasteiger partial charge in [0.25, 0.3) is 5.91 Å². The molecule has 0 aromatic heterocycles. The fourth-order valence-corrected chi connectivity index (χ4v) is 3.97. The van der Waals surface area contributed by atoms with E-state index in [1.807, 2.05) is 6.07 Å². The average molecular weight is 448 g/mol. The predicted octanol–water partition coefficient (Wildman–Crippen LogP) is 5.92. The van der Waals surface area contributed by atoms with Crippen LogP contribution < -0.4 is 14.5 Å². The van der Waals surface area contributed by atoms with E-state index in [9.17, 15) is 18.0 Å². The van der Waals surface area contributed by atoms with Crippen molar-refractivity contribution in [1.82, 2.24) is 9.80 Å². The Balaban J connectivity index is 1.76. The molecule has 160 valence electrons. The Hall–Kier alpha value is -3.03. The van der Waals surface area contributed by atoms with E-state index in [0.717, 1.165) is 12.1 Å². The first-order valence-electron chi connectivity index (χ1n) is 9.51. The minimum Gasteiger partial charge on any atom is -0.451 e. The molecule has 0 aliphatic carbocycles. The number of amides is 1. The zero-order valence-electron chi connectivity index (χ0n) is 16.5. The van der Waals surface area contributed by atoms with Crippen molar-refractivity contribution in [1.29, 1.82) is 0 Å². The molecule has 1 heterocycles. The van der Waals surface area contributed by atoms with Crippen LogP contribution in [-0.2, 0) is 11.0 Å². The van der Waals surface area contributed by atoms with Crippen LogP contribution in [0.5, 0.6) is 11.5 Å². The van der Waals surface area contributed by atoms with Gasteiger partial charge >= 0.3 is 6.18 Å². The Morgan fingerprint density at radius 2 is 1.74 bits per heavy atom. The smallest absolute Gasteiger partial charge is 0.416 e. The fraction of sp³-hybridized carbons (Fsp3) is 0.174. The maximum absolute atomic E-state index is 13.3. The van der Waals surface area contributed by atoms with Crippen molar-refractivity contribution >= 4 is 23.2 Å². The summed E-state index contributed by atoms with van der Waals surface area (Å²) >= 11 is 5.93. The molecular formula is C23H19ClF3N2O2+. The maximum Gasteiger partial charge on any atom is 0.416 e. The van der Waals surface area contributed by atoms with E-state index in [1.165, 1.54) is 6.07 Å². The third-order valence-corrected chi connectivity index (χ3v) is 5.58. The molecule has 0 radical (unpaired) electrons.